The molecule has 0 atom stereocenters. The number of aromatic nitrogens is 2. The quantitative estimate of drug-likeness (QED) is 0.895. The monoisotopic (exact) mass is 284 g/mol. The Morgan fingerprint density at radius 1 is 1.33 bits per heavy atom. The highest BCUT2D eigenvalue weighted by molar-refractivity contribution is 5.92. The molecule has 0 saturated carbocycles. The minimum atomic E-state index is -0.0803. The van der Waals surface area contributed by atoms with Gasteiger partial charge in [-0.05, 0) is 29.2 Å². The summed E-state index contributed by atoms with van der Waals surface area (Å²) in [6.45, 7) is 4.43. The van der Waals surface area contributed by atoms with Crippen molar-refractivity contribution in [1.29, 1.82) is 0 Å². The van der Waals surface area contributed by atoms with Crippen molar-refractivity contribution in [2.75, 3.05) is 0 Å². The minimum absolute atomic E-state index is 0.0803. The fourth-order valence-electron chi connectivity index (χ4n) is 2.64. The van der Waals surface area contributed by atoms with Gasteiger partial charge in [-0.1, -0.05) is 25.1 Å². The minimum Gasteiger partial charge on any atom is -0.347 e. The van der Waals surface area contributed by atoms with E-state index >= 15 is 0 Å². The normalized spacial score (nSPS) is 13.2. The number of rotatable bonds is 4. The molecule has 3 rings (SSSR count). The van der Waals surface area contributed by atoms with Gasteiger partial charge in [-0.15, -0.1) is 0 Å². The lowest BCUT2D eigenvalue weighted by atomic mass is 10.1. The number of nitrogens with one attached hydrogen (secondary N) is 2. The van der Waals surface area contributed by atoms with Gasteiger partial charge in [0.05, 0.1) is 5.69 Å². The van der Waals surface area contributed by atoms with Crippen molar-refractivity contribution in [1.82, 2.24) is 20.4 Å². The summed E-state index contributed by atoms with van der Waals surface area (Å²) in [7, 11) is 1.80. The van der Waals surface area contributed by atoms with E-state index in [2.05, 4.69) is 33.9 Å². The van der Waals surface area contributed by atoms with Crippen molar-refractivity contribution in [2.45, 2.75) is 33.0 Å². The second-order valence-corrected chi connectivity index (χ2v) is 5.39. The van der Waals surface area contributed by atoms with Gasteiger partial charge in [0.2, 0.25) is 0 Å². The Labute approximate surface area is 124 Å². The Morgan fingerprint density at radius 3 is 2.90 bits per heavy atom. The van der Waals surface area contributed by atoms with E-state index in [1.54, 1.807) is 11.7 Å². The van der Waals surface area contributed by atoms with Crippen molar-refractivity contribution in [3.8, 4) is 0 Å². The number of amides is 1. The average molecular weight is 284 g/mol. The molecule has 1 aromatic heterocycles. The molecule has 0 saturated heterocycles. The van der Waals surface area contributed by atoms with E-state index in [4.69, 9.17) is 0 Å². The standard InChI is InChI=1S/C16H20N4O/c1-3-14-7-15(20(2)19-14)16(21)18-8-11-4-5-12-9-17-10-13(12)6-11/h4-7,17H,3,8-10H2,1-2H3,(H,18,21). The molecule has 0 bridgehead atoms. The molecule has 5 heteroatoms. The van der Waals surface area contributed by atoms with Gasteiger partial charge in [-0.25, -0.2) is 0 Å². The van der Waals surface area contributed by atoms with Crippen LogP contribution in [0.25, 0.3) is 0 Å². The Balaban J connectivity index is 1.67. The van der Waals surface area contributed by atoms with Crippen LogP contribution in [-0.4, -0.2) is 15.7 Å². The first kappa shape index (κ1) is 13.8. The zero-order chi connectivity index (χ0) is 14.8. The molecule has 1 aliphatic rings. The van der Waals surface area contributed by atoms with Gasteiger partial charge in [0.15, 0.2) is 0 Å². The Bertz CT molecular complexity index is 675. The zero-order valence-electron chi connectivity index (χ0n) is 12.4. The third kappa shape index (κ3) is 2.83. The Morgan fingerprint density at radius 2 is 2.14 bits per heavy atom. The molecule has 1 aliphatic heterocycles. The summed E-state index contributed by atoms with van der Waals surface area (Å²) in [4.78, 5) is 12.2. The van der Waals surface area contributed by atoms with Gasteiger partial charge < -0.3 is 10.6 Å². The molecule has 0 fully saturated rings. The van der Waals surface area contributed by atoms with E-state index in [-0.39, 0.29) is 5.91 Å². The summed E-state index contributed by atoms with van der Waals surface area (Å²) in [5.74, 6) is -0.0803. The highest BCUT2D eigenvalue weighted by atomic mass is 16.2. The van der Waals surface area contributed by atoms with Gasteiger partial charge in [0.1, 0.15) is 5.69 Å². The molecule has 5 nitrogen and oxygen atoms in total. The first-order valence-corrected chi connectivity index (χ1v) is 7.30. The number of carbonyl (C=O) groups excluding carboxylic acids is 1. The van der Waals surface area contributed by atoms with Crippen molar-refractivity contribution in [2.24, 2.45) is 7.05 Å². The van der Waals surface area contributed by atoms with Crippen LogP contribution in [0.3, 0.4) is 0 Å². The SMILES string of the molecule is CCc1cc(C(=O)NCc2ccc3c(c2)CNC3)n(C)n1. The van der Waals surface area contributed by atoms with E-state index < -0.39 is 0 Å². The lowest BCUT2D eigenvalue weighted by Gasteiger charge is -2.07. The predicted molar refractivity (Wildman–Crippen MR) is 80.7 cm³/mol. The summed E-state index contributed by atoms with van der Waals surface area (Å²) >= 11 is 0. The molecule has 2 aromatic rings. The van der Waals surface area contributed by atoms with Crippen LogP contribution in [0.5, 0.6) is 0 Å². The third-order valence-corrected chi connectivity index (χ3v) is 3.88. The maximum atomic E-state index is 12.2. The zero-order valence-corrected chi connectivity index (χ0v) is 12.4. The molecule has 1 aromatic carbocycles. The van der Waals surface area contributed by atoms with E-state index in [1.165, 1.54) is 11.1 Å². The topological polar surface area (TPSA) is 59.0 Å². The largest absolute Gasteiger partial charge is 0.347 e. The molecular weight excluding hydrogens is 264 g/mol. The number of hydrogen-bond donors (Lipinski definition) is 2. The highest BCUT2D eigenvalue weighted by Crippen LogP contribution is 2.17. The molecule has 0 spiro atoms. The number of hydrogen-bond acceptors (Lipinski definition) is 3. The van der Waals surface area contributed by atoms with Crippen LogP contribution in [0, 0.1) is 0 Å². The Hall–Kier alpha value is -2.14. The molecule has 0 aliphatic carbocycles. The fourth-order valence-corrected chi connectivity index (χ4v) is 2.64. The number of aryl methyl sites for hydroxylation is 2. The van der Waals surface area contributed by atoms with Crippen LogP contribution in [0.15, 0.2) is 24.3 Å². The van der Waals surface area contributed by atoms with Gasteiger partial charge in [0.25, 0.3) is 5.91 Å². The number of benzene rings is 1. The first-order chi connectivity index (χ1) is 10.2. The van der Waals surface area contributed by atoms with Crippen LogP contribution in [0.4, 0.5) is 0 Å². The van der Waals surface area contributed by atoms with Gasteiger partial charge in [0, 0.05) is 26.7 Å². The molecule has 2 N–H and O–H groups in total. The molecule has 0 unspecified atom stereocenters. The summed E-state index contributed by atoms with van der Waals surface area (Å²) in [6, 6.07) is 8.22. The average Bonchev–Trinajstić information content (AvgIpc) is 3.10. The summed E-state index contributed by atoms with van der Waals surface area (Å²) < 4.78 is 1.64. The molecular formula is C16H20N4O. The molecule has 21 heavy (non-hydrogen) atoms. The summed E-state index contributed by atoms with van der Waals surface area (Å²) in [5, 5.41) is 10.6. The maximum Gasteiger partial charge on any atom is 0.269 e. The summed E-state index contributed by atoms with van der Waals surface area (Å²) in [5.41, 5.74) is 5.35. The van der Waals surface area contributed by atoms with E-state index in [9.17, 15) is 4.79 Å². The van der Waals surface area contributed by atoms with Crippen LogP contribution in [-0.2, 0) is 33.1 Å². The molecule has 1 amide bonds. The first-order valence-electron chi connectivity index (χ1n) is 7.30. The van der Waals surface area contributed by atoms with Gasteiger partial charge >= 0.3 is 0 Å². The van der Waals surface area contributed by atoms with Gasteiger partial charge in [-0.3, -0.25) is 9.48 Å². The van der Waals surface area contributed by atoms with Crippen LogP contribution < -0.4 is 10.6 Å². The van der Waals surface area contributed by atoms with Crippen molar-refractivity contribution in [3.63, 3.8) is 0 Å². The van der Waals surface area contributed by atoms with Crippen molar-refractivity contribution < 1.29 is 4.79 Å². The molecule has 2 heterocycles. The van der Waals surface area contributed by atoms with E-state index in [0.29, 0.717) is 12.2 Å². The number of carbonyl (C=O) groups is 1. The van der Waals surface area contributed by atoms with Crippen LogP contribution in [0.1, 0.15) is 39.8 Å². The number of fused-ring (bicyclic) bond motifs is 1. The smallest absolute Gasteiger partial charge is 0.269 e. The highest BCUT2D eigenvalue weighted by Gasteiger charge is 2.13. The summed E-state index contributed by atoms with van der Waals surface area (Å²) in [6.07, 6.45) is 0.832. The molecule has 110 valence electrons. The lowest BCUT2D eigenvalue weighted by Crippen LogP contribution is -2.25. The van der Waals surface area contributed by atoms with Crippen molar-refractivity contribution in [3.05, 3.63) is 52.3 Å². The second kappa shape index (κ2) is 5.69. The fraction of sp³-hybridized carbons (Fsp3) is 0.375. The van der Waals surface area contributed by atoms with Crippen molar-refractivity contribution >= 4 is 5.91 Å². The Kier molecular flexibility index (Phi) is 3.75. The molecule has 0 radical (unpaired) electrons. The second-order valence-electron chi connectivity index (χ2n) is 5.39. The van der Waals surface area contributed by atoms with Gasteiger partial charge in [-0.2, -0.15) is 5.10 Å². The number of nitrogens with zero attached hydrogens (tertiary/aromatic N) is 2. The third-order valence-electron chi connectivity index (χ3n) is 3.88. The van der Waals surface area contributed by atoms with E-state index in [1.807, 2.05) is 13.0 Å². The van der Waals surface area contributed by atoms with Crippen LogP contribution in [0.2, 0.25) is 0 Å². The van der Waals surface area contributed by atoms with Crippen LogP contribution >= 0.6 is 0 Å². The lowest BCUT2D eigenvalue weighted by molar-refractivity contribution is 0.0941. The maximum absolute atomic E-state index is 12.2. The predicted octanol–water partition coefficient (Wildman–Crippen LogP) is 1.52. The van der Waals surface area contributed by atoms with E-state index in [0.717, 1.165) is 30.8 Å².